The lowest BCUT2D eigenvalue weighted by Gasteiger charge is -2.26. The SMILES string of the molecule is CS(=O)(=O)N(CC(=O)NC1CCCCC1)c1cccc2ccccc12. The highest BCUT2D eigenvalue weighted by Gasteiger charge is 2.24. The summed E-state index contributed by atoms with van der Waals surface area (Å²) in [5.74, 6) is -0.245. The van der Waals surface area contributed by atoms with Crippen molar-refractivity contribution in [2.45, 2.75) is 38.1 Å². The van der Waals surface area contributed by atoms with Gasteiger partial charge in [0.25, 0.3) is 0 Å². The Morgan fingerprint density at radius 3 is 2.48 bits per heavy atom. The number of carbonyl (C=O) groups excluding carboxylic acids is 1. The van der Waals surface area contributed by atoms with E-state index in [4.69, 9.17) is 0 Å². The fourth-order valence-electron chi connectivity index (χ4n) is 3.46. The molecule has 1 N–H and O–H groups in total. The highest BCUT2D eigenvalue weighted by molar-refractivity contribution is 7.92. The minimum atomic E-state index is -3.57. The third-order valence-electron chi connectivity index (χ3n) is 4.69. The van der Waals surface area contributed by atoms with E-state index in [2.05, 4.69) is 5.32 Å². The third-order valence-corrected chi connectivity index (χ3v) is 5.82. The number of hydrogen-bond acceptors (Lipinski definition) is 3. The fourth-order valence-corrected chi connectivity index (χ4v) is 4.33. The zero-order chi connectivity index (χ0) is 17.9. The highest BCUT2D eigenvalue weighted by Crippen LogP contribution is 2.28. The van der Waals surface area contributed by atoms with Crippen molar-refractivity contribution in [3.05, 3.63) is 42.5 Å². The molecule has 0 atom stereocenters. The number of amides is 1. The fraction of sp³-hybridized carbons (Fsp3) is 0.421. The normalized spacial score (nSPS) is 15.9. The van der Waals surface area contributed by atoms with Crippen molar-refractivity contribution < 1.29 is 13.2 Å². The quantitative estimate of drug-likeness (QED) is 0.891. The summed E-state index contributed by atoms with van der Waals surface area (Å²) in [6, 6.07) is 13.2. The summed E-state index contributed by atoms with van der Waals surface area (Å²) in [7, 11) is -3.57. The summed E-state index contributed by atoms with van der Waals surface area (Å²) >= 11 is 0. The van der Waals surface area contributed by atoms with Crippen LogP contribution in [0.4, 0.5) is 5.69 Å². The molecule has 134 valence electrons. The Morgan fingerprint density at radius 2 is 1.76 bits per heavy atom. The van der Waals surface area contributed by atoms with Gasteiger partial charge >= 0.3 is 0 Å². The number of nitrogens with one attached hydrogen (secondary N) is 1. The maximum absolute atomic E-state index is 12.5. The molecule has 25 heavy (non-hydrogen) atoms. The van der Waals surface area contributed by atoms with Crippen LogP contribution in [0.5, 0.6) is 0 Å². The van der Waals surface area contributed by atoms with E-state index in [1.54, 1.807) is 6.07 Å². The van der Waals surface area contributed by atoms with Gasteiger partial charge in [-0.25, -0.2) is 8.42 Å². The van der Waals surface area contributed by atoms with Gasteiger partial charge in [-0.2, -0.15) is 0 Å². The molecular weight excluding hydrogens is 336 g/mol. The van der Waals surface area contributed by atoms with Crippen molar-refractivity contribution in [2.75, 3.05) is 17.1 Å². The Balaban J connectivity index is 1.86. The minimum absolute atomic E-state index is 0.162. The number of anilines is 1. The second kappa shape index (κ2) is 7.44. The zero-order valence-electron chi connectivity index (χ0n) is 14.4. The largest absolute Gasteiger partial charge is 0.352 e. The second-order valence-corrected chi connectivity index (χ2v) is 8.58. The number of nitrogens with zero attached hydrogens (tertiary/aromatic N) is 1. The average molecular weight is 360 g/mol. The van der Waals surface area contributed by atoms with Gasteiger partial charge in [0, 0.05) is 11.4 Å². The van der Waals surface area contributed by atoms with Crippen LogP contribution in [0.3, 0.4) is 0 Å². The molecule has 5 nitrogen and oxygen atoms in total. The summed E-state index contributed by atoms with van der Waals surface area (Å²) in [6.45, 7) is -0.191. The van der Waals surface area contributed by atoms with Crippen molar-refractivity contribution in [2.24, 2.45) is 0 Å². The van der Waals surface area contributed by atoms with Crippen LogP contribution in [0.2, 0.25) is 0 Å². The highest BCUT2D eigenvalue weighted by atomic mass is 32.2. The summed E-state index contributed by atoms with van der Waals surface area (Å²) < 4.78 is 25.9. The molecule has 1 fully saturated rings. The molecule has 0 heterocycles. The first-order chi connectivity index (χ1) is 11.9. The lowest BCUT2D eigenvalue weighted by Crippen LogP contribution is -2.44. The lowest BCUT2D eigenvalue weighted by atomic mass is 9.95. The summed E-state index contributed by atoms with van der Waals surface area (Å²) in [4.78, 5) is 12.5. The molecule has 2 aromatic rings. The van der Waals surface area contributed by atoms with E-state index in [1.807, 2.05) is 36.4 Å². The van der Waals surface area contributed by atoms with Crippen LogP contribution in [0, 0.1) is 0 Å². The Kier molecular flexibility index (Phi) is 5.27. The molecule has 0 aliphatic heterocycles. The molecule has 1 aliphatic rings. The standard InChI is InChI=1S/C19H24N2O3S/c1-25(23,24)21(14-19(22)20-16-10-3-2-4-11-16)18-13-7-9-15-8-5-6-12-17(15)18/h5-9,12-13,16H,2-4,10-11,14H2,1H3,(H,20,22). The average Bonchev–Trinajstić information content (AvgIpc) is 2.59. The van der Waals surface area contributed by atoms with Gasteiger partial charge in [0.2, 0.25) is 15.9 Å². The van der Waals surface area contributed by atoms with Crippen molar-refractivity contribution in [1.82, 2.24) is 5.32 Å². The second-order valence-electron chi connectivity index (χ2n) is 6.67. The van der Waals surface area contributed by atoms with E-state index < -0.39 is 10.0 Å². The molecule has 0 radical (unpaired) electrons. The number of rotatable bonds is 5. The van der Waals surface area contributed by atoms with Crippen molar-refractivity contribution >= 4 is 32.4 Å². The molecule has 0 bridgehead atoms. The number of fused-ring (bicyclic) bond motifs is 1. The van der Waals surface area contributed by atoms with Gasteiger partial charge in [-0.15, -0.1) is 0 Å². The van der Waals surface area contributed by atoms with Crippen molar-refractivity contribution in [1.29, 1.82) is 0 Å². The lowest BCUT2D eigenvalue weighted by molar-refractivity contribution is -0.120. The van der Waals surface area contributed by atoms with Gasteiger partial charge in [-0.1, -0.05) is 55.7 Å². The molecule has 1 aliphatic carbocycles. The van der Waals surface area contributed by atoms with Crippen LogP contribution in [0.25, 0.3) is 10.8 Å². The molecule has 2 aromatic carbocycles. The zero-order valence-corrected chi connectivity index (χ0v) is 15.3. The summed E-state index contributed by atoms with van der Waals surface area (Å²) in [5, 5.41) is 4.76. The van der Waals surface area contributed by atoms with Gasteiger partial charge in [0.05, 0.1) is 11.9 Å². The van der Waals surface area contributed by atoms with Crippen LogP contribution < -0.4 is 9.62 Å². The van der Waals surface area contributed by atoms with Gasteiger partial charge in [0.15, 0.2) is 0 Å². The van der Waals surface area contributed by atoms with Gasteiger partial charge in [0.1, 0.15) is 6.54 Å². The predicted octanol–water partition coefficient (Wildman–Crippen LogP) is 3.05. The van der Waals surface area contributed by atoms with Gasteiger partial charge < -0.3 is 5.32 Å². The Hall–Kier alpha value is -2.08. The molecule has 3 rings (SSSR count). The molecule has 0 aromatic heterocycles. The monoisotopic (exact) mass is 360 g/mol. The smallest absolute Gasteiger partial charge is 0.240 e. The van der Waals surface area contributed by atoms with E-state index in [1.165, 1.54) is 10.7 Å². The van der Waals surface area contributed by atoms with Gasteiger partial charge in [-0.05, 0) is 24.3 Å². The molecule has 1 amide bonds. The number of benzene rings is 2. The summed E-state index contributed by atoms with van der Waals surface area (Å²) in [5.41, 5.74) is 0.541. The van der Waals surface area contributed by atoms with Gasteiger partial charge in [-0.3, -0.25) is 9.10 Å². The molecular formula is C19H24N2O3S. The van der Waals surface area contributed by atoms with Crippen LogP contribution in [-0.4, -0.2) is 33.2 Å². The van der Waals surface area contributed by atoms with Crippen LogP contribution >= 0.6 is 0 Å². The molecule has 0 spiro atoms. The van der Waals surface area contributed by atoms with Crippen LogP contribution in [0.1, 0.15) is 32.1 Å². The maximum atomic E-state index is 12.5. The van der Waals surface area contributed by atoms with E-state index >= 15 is 0 Å². The van der Waals surface area contributed by atoms with Crippen LogP contribution in [-0.2, 0) is 14.8 Å². The van der Waals surface area contributed by atoms with Crippen molar-refractivity contribution in [3.8, 4) is 0 Å². The molecule has 6 heteroatoms. The molecule has 0 saturated heterocycles. The number of sulfonamides is 1. The summed E-state index contributed by atoms with van der Waals surface area (Å²) in [6.07, 6.45) is 6.52. The number of hydrogen-bond donors (Lipinski definition) is 1. The first-order valence-electron chi connectivity index (χ1n) is 8.70. The molecule has 1 saturated carbocycles. The third kappa shape index (κ3) is 4.31. The Morgan fingerprint density at radius 1 is 1.08 bits per heavy atom. The molecule has 0 unspecified atom stereocenters. The Bertz CT molecular complexity index is 853. The van der Waals surface area contributed by atoms with Crippen LogP contribution in [0.15, 0.2) is 42.5 Å². The first kappa shape index (κ1) is 17.7. The minimum Gasteiger partial charge on any atom is -0.352 e. The predicted molar refractivity (Wildman–Crippen MR) is 101 cm³/mol. The number of carbonyl (C=O) groups is 1. The Labute approximate surface area is 149 Å². The van der Waals surface area contributed by atoms with E-state index in [9.17, 15) is 13.2 Å². The first-order valence-corrected chi connectivity index (χ1v) is 10.5. The van der Waals surface area contributed by atoms with E-state index in [0.717, 1.165) is 42.7 Å². The maximum Gasteiger partial charge on any atom is 0.240 e. The van der Waals surface area contributed by atoms with Crippen molar-refractivity contribution in [3.63, 3.8) is 0 Å². The van der Waals surface area contributed by atoms with E-state index in [-0.39, 0.29) is 18.5 Å². The topological polar surface area (TPSA) is 66.5 Å². The van der Waals surface area contributed by atoms with E-state index in [0.29, 0.717) is 5.69 Å².